The Morgan fingerprint density at radius 1 is 0.839 bits per heavy atom. The highest BCUT2D eigenvalue weighted by molar-refractivity contribution is 5.95. The van der Waals surface area contributed by atoms with Crippen molar-refractivity contribution in [3.05, 3.63) is 107 Å². The molecule has 0 spiro atoms. The van der Waals surface area contributed by atoms with Crippen molar-refractivity contribution in [2.75, 3.05) is 5.32 Å². The first-order valence-electron chi connectivity index (χ1n) is 10.3. The van der Waals surface area contributed by atoms with Crippen LogP contribution in [0.2, 0.25) is 0 Å². The molecule has 0 atom stereocenters. The van der Waals surface area contributed by atoms with Crippen LogP contribution < -0.4 is 10.9 Å². The number of carbonyl (C=O) groups is 1. The second kappa shape index (κ2) is 9.22. The van der Waals surface area contributed by atoms with E-state index in [0.717, 1.165) is 23.1 Å². The van der Waals surface area contributed by atoms with Gasteiger partial charge in [-0.3, -0.25) is 9.59 Å². The number of nitrogens with zero attached hydrogens (tertiary/aromatic N) is 2. The average Bonchev–Trinajstić information content (AvgIpc) is 2.81. The lowest BCUT2D eigenvalue weighted by Gasteiger charge is -2.12. The van der Waals surface area contributed by atoms with Crippen LogP contribution in [-0.4, -0.2) is 15.7 Å². The summed E-state index contributed by atoms with van der Waals surface area (Å²) in [5.41, 5.74) is 5.08. The lowest BCUT2D eigenvalue weighted by Crippen LogP contribution is -2.29. The first-order chi connectivity index (χ1) is 15.1. The number of para-hydroxylation sites is 1. The van der Waals surface area contributed by atoms with Crippen molar-refractivity contribution in [2.45, 2.75) is 19.9 Å². The molecular formula is C26H23N3O2. The zero-order valence-corrected chi connectivity index (χ0v) is 17.3. The van der Waals surface area contributed by atoms with Crippen LogP contribution in [0.1, 0.15) is 12.5 Å². The maximum Gasteiger partial charge on any atom is 0.267 e. The summed E-state index contributed by atoms with van der Waals surface area (Å²) in [6.07, 6.45) is 0.956. The second-order valence-electron chi connectivity index (χ2n) is 7.22. The van der Waals surface area contributed by atoms with Gasteiger partial charge < -0.3 is 5.32 Å². The van der Waals surface area contributed by atoms with Crippen LogP contribution in [-0.2, 0) is 17.8 Å². The van der Waals surface area contributed by atoms with Gasteiger partial charge in [0.2, 0.25) is 5.91 Å². The number of amides is 1. The van der Waals surface area contributed by atoms with Gasteiger partial charge in [0, 0.05) is 22.9 Å². The Bertz CT molecular complexity index is 1250. The van der Waals surface area contributed by atoms with E-state index in [1.807, 2.05) is 78.9 Å². The van der Waals surface area contributed by atoms with Crippen molar-refractivity contribution in [3.63, 3.8) is 0 Å². The van der Waals surface area contributed by atoms with Gasteiger partial charge in [0.15, 0.2) is 0 Å². The summed E-state index contributed by atoms with van der Waals surface area (Å²) in [4.78, 5) is 25.0. The predicted molar refractivity (Wildman–Crippen MR) is 124 cm³/mol. The van der Waals surface area contributed by atoms with Gasteiger partial charge >= 0.3 is 0 Å². The Labute approximate surface area is 181 Å². The Morgan fingerprint density at radius 2 is 1.55 bits per heavy atom. The fourth-order valence-corrected chi connectivity index (χ4v) is 3.41. The Kier molecular flexibility index (Phi) is 6.03. The number of nitrogens with one attached hydrogen (secondary N) is 1. The SMILES string of the molecule is CCc1ccc(-c2ccc(=O)n(CC(=O)Nc3ccccc3-c3ccccc3)n2)cc1. The topological polar surface area (TPSA) is 64.0 Å². The lowest BCUT2D eigenvalue weighted by molar-refractivity contribution is -0.117. The predicted octanol–water partition coefficient (Wildman–Crippen LogP) is 4.78. The highest BCUT2D eigenvalue weighted by Crippen LogP contribution is 2.27. The molecule has 4 rings (SSSR count). The number of benzene rings is 3. The first-order valence-corrected chi connectivity index (χ1v) is 10.3. The van der Waals surface area contributed by atoms with Crippen molar-refractivity contribution in [1.82, 2.24) is 9.78 Å². The van der Waals surface area contributed by atoms with E-state index >= 15 is 0 Å². The third kappa shape index (κ3) is 4.78. The van der Waals surface area contributed by atoms with Gasteiger partial charge in [-0.2, -0.15) is 5.10 Å². The van der Waals surface area contributed by atoms with E-state index in [-0.39, 0.29) is 18.0 Å². The molecule has 0 aliphatic heterocycles. The van der Waals surface area contributed by atoms with Gasteiger partial charge in [0.25, 0.3) is 5.56 Å². The van der Waals surface area contributed by atoms with Crippen molar-refractivity contribution in [3.8, 4) is 22.4 Å². The first kappa shape index (κ1) is 20.3. The summed E-state index contributed by atoms with van der Waals surface area (Å²) >= 11 is 0. The molecule has 4 aromatic rings. The number of rotatable bonds is 6. The van der Waals surface area contributed by atoms with E-state index < -0.39 is 0 Å². The Balaban J connectivity index is 1.55. The summed E-state index contributed by atoms with van der Waals surface area (Å²) in [6.45, 7) is 1.94. The molecule has 1 amide bonds. The highest BCUT2D eigenvalue weighted by Gasteiger charge is 2.11. The zero-order valence-electron chi connectivity index (χ0n) is 17.3. The molecular weight excluding hydrogens is 386 g/mol. The van der Waals surface area contributed by atoms with Gasteiger partial charge in [0.05, 0.1) is 5.69 Å². The Hall–Kier alpha value is -3.99. The molecule has 1 aromatic heterocycles. The molecule has 0 aliphatic carbocycles. The smallest absolute Gasteiger partial charge is 0.267 e. The molecule has 5 heteroatoms. The van der Waals surface area contributed by atoms with E-state index in [1.54, 1.807) is 6.07 Å². The average molecular weight is 409 g/mol. The van der Waals surface area contributed by atoms with Gasteiger partial charge in [-0.15, -0.1) is 0 Å². The third-order valence-electron chi connectivity index (χ3n) is 5.10. The molecule has 0 radical (unpaired) electrons. The summed E-state index contributed by atoms with van der Waals surface area (Å²) in [5.74, 6) is -0.309. The third-order valence-corrected chi connectivity index (χ3v) is 5.10. The van der Waals surface area contributed by atoms with E-state index in [1.165, 1.54) is 16.3 Å². The quantitative estimate of drug-likeness (QED) is 0.499. The van der Waals surface area contributed by atoms with E-state index in [9.17, 15) is 9.59 Å². The van der Waals surface area contributed by atoms with E-state index in [0.29, 0.717) is 11.4 Å². The number of carbonyl (C=O) groups excluding carboxylic acids is 1. The number of anilines is 1. The maximum atomic E-state index is 12.7. The minimum absolute atomic E-state index is 0.164. The molecule has 0 unspecified atom stereocenters. The van der Waals surface area contributed by atoms with Gasteiger partial charge in [-0.25, -0.2) is 4.68 Å². The molecule has 1 N–H and O–H groups in total. The lowest BCUT2D eigenvalue weighted by atomic mass is 10.0. The van der Waals surface area contributed by atoms with Gasteiger partial charge in [0.1, 0.15) is 6.54 Å². The molecule has 1 heterocycles. The monoisotopic (exact) mass is 409 g/mol. The molecule has 31 heavy (non-hydrogen) atoms. The molecule has 0 saturated carbocycles. The second-order valence-corrected chi connectivity index (χ2v) is 7.22. The molecule has 0 bridgehead atoms. The van der Waals surface area contributed by atoms with Gasteiger partial charge in [-0.1, -0.05) is 79.7 Å². The molecule has 0 fully saturated rings. The van der Waals surface area contributed by atoms with Crippen LogP contribution in [0.5, 0.6) is 0 Å². The van der Waals surface area contributed by atoms with Crippen molar-refractivity contribution >= 4 is 11.6 Å². The number of aromatic nitrogens is 2. The zero-order chi connectivity index (χ0) is 21.6. The largest absolute Gasteiger partial charge is 0.324 e. The van der Waals surface area contributed by atoms with Gasteiger partial charge in [-0.05, 0) is 29.7 Å². The van der Waals surface area contributed by atoms with Crippen LogP contribution in [0, 0.1) is 0 Å². The van der Waals surface area contributed by atoms with Crippen molar-refractivity contribution in [2.24, 2.45) is 0 Å². The molecule has 5 nitrogen and oxygen atoms in total. The molecule has 0 saturated heterocycles. The minimum atomic E-state index is -0.319. The Morgan fingerprint density at radius 3 is 2.29 bits per heavy atom. The van der Waals surface area contributed by atoms with Crippen LogP contribution in [0.25, 0.3) is 22.4 Å². The summed E-state index contributed by atoms with van der Waals surface area (Å²) in [6, 6.07) is 28.6. The van der Waals surface area contributed by atoms with E-state index in [2.05, 4.69) is 17.3 Å². The number of aryl methyl sites for hydroxylation is 1. The number of hydrogen-bond donors (Lipinski definition) is 1. The summed E-state index contributed by atoms with van der Waals surface area (Å²) < 4.78 is 1.20. The van der Waals surface area contributed by atoms with Crippen LogP contribution in [0.4, 0.5) is 5.69 Å². The molecule has 3 aromatic carbocycles. The van der Waals surface area contributed by atoms with Crippen LogP contribution in [0.3, 0.4) is 0 Å². The van der Waals surface area contributed by atoms with E-state index in [4.69, 9.17) is 0 Å². The van der Waals surface area contributed by atoms with Crippen LogP contribution in [0.15, 0.2) is 95.8 Å². The summed E-state index contributed by atoms with van der Waals surface area (Å²) in [7, 11) is 0. The van der Waals surface area contributed by atoms with Crippen molar-refractivity contribution < 1.29 is 4.79 Å². The fourth-order valence-electron chi connectivity index (χ4n) is 3.41. The standard InChI is InChI=1S/C26H23N3O2/c1-2-19-12-14-21(15-13-19)23-16-17-26(31)29(28-23)18-25(30)27-24-11-7-6-10-22(24)20-8-4-3-5-9-20/h3-17H,2,18H2,1H3,(H,27,30). The minimum Gasteiger partial charge on any atom is -0.324 e. The molecule has 0 aliphatic rings. The number of hydrogen-bond acceptors (Lipinski definition) is 3. The normalized spacial score (nSPS) is 10.6. The summed E-state index contributed by atoms with van der Waals surface area (Å²) in [5, 5.41) is 7.32. The van der Waals surface area contributed by atoms with Crippen molar-refractivity contribution in [1.29, 1.82) is 0 Å². The maximum absolute atomic E-state index is 12.7. The highest BCUT2D eigenvalue weighted by atomic mass is 16.2. The molecule has 154 valence electrons. The fraction of sp³-hybridized carbons (Fsp3) is 0.115. The van der Waals surface area contributed by atoms with Crippen LogP contribution >= 0.6 is 0 Å².